The summed E-state index contributed by atoms with van der Waals surface area (Å²) in [5.74, 6) is 0.754. The quantitative estimate of drug-likeness (QED) is 0.829. The van der Waals surface area contributed by atoms with E-state index in [1.54, 1.807) is 36.4 Å². The van der Waals surface area contributed by atoms with Gasteiger partial charge in [-0.2, -0.15) is 0 Å². The minimum Gasteiger partial charge on any atom is -0.489 e. The number of hydrogen-bond donors (Lipinski definition) is 2. The fourth-order valence-electron chi connectivity index (χ4n) is 2.83. The van der Waals surface area contributed by atoms with Crippen LogP contribution in [0.4, 0.5) is 11.4 Å². The number of fused-ring (bicyclic) bond motifs is 1. The van der Waals surface area contributed by atoms with Crippen LogP contribution in [0.5, 0.6) is 11.5 Å². The molecule has 0 spiro atoms. The Balaban J connectivity index is 1.49. The summed E-state index contributed by atoms with van der Waals surface area (Å²) in [6.07, 6.45) is 2.63. The Kier molecular flexibility index (Phi) is 4.90. The summed E-state index contributed by atoms with van der Waals surface area (Å²) in [4.78, 5) is 24.5. The molecular weight excluding hydrogens is 368 g/mol. The van der Waals surface area contributed by atoms with Gasteiger partial charge >= 0.3 is 0 Å². The van der Waals surface area contributed by atoms with Crippen LogP contribution in [0.15, 0.2) is 36.4 Å². The molecule has 27 heavy (non-hydrogen) atoms. The molecule has 1 aliphatic carbocycles. The summed E-state index contributed by atoms with van der Waals surface area (Å²) in [6.45, 7) is 1.04. The molecule has 7 heteroatoms. The van der Waals surface area contributed by atoms with E-state index in [1.807, 2.05) is 0 Å². The van der Waals surface area contributed by atoms with Gasteiger partial charge in [0.2, 0.25) is 5.91 Å². The van der Waals surface area contributed by atoms with E-state index in [2.05, 4.69) is 10.6 Å². The minimum absolute atomic E-state index is 0.0214. The van der Waals surface area contributed by atoms with Crippen LogP contribution in [-0.4, -0.2) is 25.0 Å². The van der Waals surface area contributed by atoms with Crippen molar-refractivity contribution < 1.29 is 19.1 Å². The number of rotatable bonds is 4. The highest BCUT2D eigenvalue weighted by Gasteiger charge is 2.29. The van der Waals surface area contributed by atoms with Gasteiger partial charge in [-0.05, 0) is 43.2 Å². The van der Waals surface area contributed by atoms with Crippen molar-refractivity contribution >= 4 is 34.8 Å². The molecule has 0 unspecified atom stereocenters. The summed E-state index contributed by atoms with van der Waals surface area (Å²) in [5.41, 5.74) is 1.61. The van der Waals surface area contributed by atoms with Crippen LogP contribution in [0.2, 0.25) is 5.02 Å². The number of carbonyl (C=O) groups is 2. The molecule has 2 aromatic carbocycles. The summed E-state index contributed by atoms with van der Waals surface area (Å²) in [7, 11) is 0. The molecule has 2 amide bonds. The van der Waals surface area contributed by atoms with Gasteiger partial charge in [0.1, 0.15) is 0 Å². The van der Waals surface area contributed by atoms with Crippen molar-refractivity contribution in [2.24, 2.45) is 5.92 Å². The van der Waals surface area contributed by atoms with E-state index in [1.165, 1.54) is 0 Å². The first kappa shape index (κ1) is 17.7. The minimum atomic E-state index is -0.321. The monoisotopic (exact) mass is 386 g/mol. The highest BCUT2D eigenvalue weighted by Crippen LogP contribution is 2.38. The highest BCUT2D eigenvalue weighted by atomic mass is 35.5. The third kappa shape index (κ3) is 4.17. The summed E-state index contributed by atoms with van der Waals surface area (Å²) < 4.78 is 11.2. The average molecular weight is 387 g/mol. The first-order valence-electron chi connectivity index (χ1n) is 8.91. The van der Waals surface area contributed by atoms with E-state index in [0.717, 1.165) is 19.3 Å². The SMILES string of the molecule is O=C(Nc1cccc(NC(=O)C2CC2)c1)c1cc(Cl)c2c(c1)OCCCO2. The topological polar surface area (TPSA) is 76.7 Å². The molecule has 2 aromatic rings. The zero-order chi connectivity index (χ0) is 18.8. The van der Waals surface area contributed by atoms with Crippen LogP contribution in [0, 0.1) is 5.92 Å². The maximum atomic E-state index is 12.6. The Hall–Kier alpha value is -2.73. The van der Waals surface area contributed by atoms with Crippen molar-refractivity contribution in [2.45, 2.75) is 19.3 Å². The van der Waals surface area contributed by atoms with Crippen LogP contribution in [0.3, 0.4) is 0 Å². The van der Waals surface area contributed by atoms with Gasteiger partial charge in [-0.25, -0.2) is 0 Å². The lowest BCUT2D eigenvalue weighted by Crippen LogP contribution is -2.15. The van der Waals surface area contributed by atoms with Crippen molar-refractivity contribution in [2.75, 3.05) is 23.8 Å². The predicted octanol–water partition coefficient (Wildman–Crippen LogP) is 4.10. The fourth-order valence-corrected chi connectivity index (χ4v) is 3.09. The largest absolute Gasteiger partial charge is 0.489 e. The van der Waals surface area contributed by atoms with Gasteiger partial charge in [-0.1, -0.05) is 17.7 Å². The number of amides is 2. The second-order valence-corrected chi connectivity index (χ2v) is 7.04. The average Bonchev–Trinajstić information content (AvgIpc) is 3.49. The number of benzene rings is 2. The summed E-state index contributed by atoms with van der Waals surface area (Å²) in [6, 6.07) is 10.2. The second-order valence-electron chi connectivity index (χ2n) is 6.63. The molecule has 1 aliphatic heterocycles. The van der Waals surface area contributed by atoms with Crippen LogP contribution in [0.1, 0.15) is 29.6 Å². The Morgan fingerprint density at radius 1 is 1.00 bits per heavy atom. The molecule has 0 atom stereocenters. The summed E-state index contributed by atoms with van der Waals surface area (Å²) >= 11 is 6.25. The van der Waals surface area contributed by atoms with Crippen LogP contribution >= 0.6 is 11.6 Å². The maximum Gasteiger partial charge on any atom is 0.255 e. The lowest BCUT2D eigenvalue weighted by molar-refractivity contribution is -0.117. The second kappa shape index (κ2) is 7.48. The maximum absolute atomic E-state index is 12.6. The molecule has 1 heterocycles. The van der Waals surface area contributed by atoms with E-state index in [0.29, 0.717) is 46.7 Å². The van der Waals surface area contributed by atoms with Gasteiger partial charge in [-0.15, -0.1) is 0 Å². The highest BCUT2D eigenvalue weighted by molar-refractivity contribution is 6.32. The molecule has 0 aromatic heterocycles. The van der Waals surface area contributed by atoms with Gasteiger partial charge < -0.3 is 20.1 Å². The van der Waals surface area contributed by atoms with Crippen LogP contribution < -0.4 is 20.1 Å². The van der Waals surface area contributed by atoms with Gasteiger partial charge in [0.15, 0.2) is 11.5 Å². The van der Waals surface area contributed by atoms with Crippen molar-refractivity contribution in [3.8, 4) is 11.5 Å². The molecule has 0 bridgehead atoms. The number of ether oxygens (including phenoxy) is 2. The van der Waals surface area contributed by atoms with Crippen molar-refractivity contribution in [1.29, 1.82) is 0 Å². The van der Waals surface area contributed by atoms with Gasteiger partial charge in [-0.3, -0.25) is 9.59 Å². The third-order valence-corrected chi connectivity index (χ3v) is 4.68. The first-order chi connectivity index (χ1) is 13.1. The van der Waals surface area contributed by atoms with Gasteiger partial charge in [0.25, 0.3) is 5.91 Å². The summed E-state index contributed by atoms with van der Waals surface area (Å²) in [5, 5.41) is 6.03. The van der Waals surface area contributed by atoms with E-state index < -0.39 is 0 Å². The number of nitrogens with one attached hydrogen (secondary N) is 2. The molecule has 6 nitrogen and oxygen atoms in total. The smallest absolute Gasteiger partial charge is 0.255 e. The van der Waals surface area contributed by atoms with Crippen LogP contribution in [-0.2, 0) is 4.79 Å². The van der Waals surface area contributed by atoms with E-state index >= 15 is 0 Å². The standard InChI is InChI=1S/C20H19ClN2O4/c21-16-9-13(10-17-18(16)27-8-2-7-26-17)20(25)23-15-4-1-3-14(11-15)22-19(24)12-5-6-12/h1,3-4,9-12H,2,5-8H2,(H,22,24)(H,23,25). The Labute approximate surface area is 161 Å². The molecule has 2 N–H and O–H groups in total. The zero-order valence-corrected chi connectivity index (χ0v) is 15.3. The zero-order valence-electron chi connectivity index (χ0n) is 14.6. The van der Waals surface area contributed by atoms with Gasteiger partial charge in [0, 0.05) is 29.3 Å². The Morgan fingerprint density at radius 2 is 1.74 bits per heavy atom. The number of anilines is 2. The Bertz CT molecular complexity index is 896. The van der Waals surface area contributed by atoms with E-state index in [4.69, 9.17) is 21.1 Å². The number of halogens is 1. The van der Waals surface area contributed by atoms with E-state index in [9.17, 15) is 9.59 Å². The van der Waals surface area contributed by atoms with Crippen molar-refractivity contribution in [3.05, 3.63) is 47.0 Å². The molecule has 1 saturated carbocycles. The predicted molar refractivity (Wildman–Crippen MR) is 103 cm³/mol. The normalized spacial score (nSPS) is 15.6. The fraction of sp³-hybridized carbons (Fsp3) is 0.300. The first-order valence-corrected chi connectivity index (χ1v) is 9.29. The number of hydrogen-bond acceptors (Lipinski definition) is 4. The number of carbonyl (C=O) groups excluding carboxylic acids is 2. The van der Waals surface area contributed by atoms with Crippen LogP contribution in [0.25, 0.3) is 0 Å². The molecular formula is C20H19ClN2O4. The van der Waals surface area contributed by atoms with Crippen molar-refractivity contribution in [3.63, 3.8) is 0 Å². The molecule has 140 valence electrons. The van der Waals surface area contributed by atoms with Gasteiger partial charge in [0.05, 0.1) is 18.2 Å². The molecule has 0 saturated heterocycles. The van der Waals surface area contributed by atoms with E-state index in [-0.39, 0.29) is 17.7 Å². The lowest BCUT2D eigenvalue weighted by atomic mass is 10.1. The molecule has 1 fully saturated rings. The third-order valence-electron chi connectivity index (χ3n) is 4.40. The lowest BCUT2D eigenvalue weighted by Gasteiger charge is -2.12. The van der Waals surface area contributed by atoms with Crippen molar-refractivity contribution in [1.82, 2.24) is 0 Å². The Morgan fingerprint density at radius 3 is 2.52 bits per heavy atom. The molecule has 4 rings (SSSR count). The molecule has 0 radical (unpaired) electrons. The molecule has 2 aliphatic rings.